The van der Waals surface area contributed by atoms with Crippen molar-refractivity contribution in [2.75, 3.05) is 17.7 Å². The van der Waals surface area contributed by atoms with E-state index in [-0.39, 0.29) is 24.1 Å². The number of aryl methyl sites for hydroxylation is 1. The summed E-state index contributed by atoms with van der Waals surface area (Å²) in [6.07, 6.45) is 0.670. The van der Waals surface area contributed by atoms with Crippen molar-refractivity contribution in [1.82, 2.24) is 0 Å². The van der Waals surface area contributed by atoms with Crippen molar-refractivity contribution in [2.45, 2.75) is 19.8 Å². The topological polar surface area (TPSA) is 67.4 Å². The van der Waals surface area contributed by atoms with Gasteiger partial charge in [-0.3, -0.25) is 9.59 Å². The van der Waals surface area contributed by atoms with Crippen LogP contribution in [0.1, 0.15) is 18.9 Å². The van der Waals surface area contributed by atoms with Gasteiger partial charge in [-0.25, -0.2) is 4.39 Å². The number of ether oxygens (including phenoxy) is 1. The van der Waals surface area contributed by atoms with E-state index >= 15 is 0 Å². The monoisotopic (exact) mass is 330 g/mol. The highest BCUT2D eigenvalue weighted by Gasteiger charge is 2.09. The smallest absolute Gasteiger partial charge is 0.224 e. The highest BCUT2D eigenvalue weighted by molar-refractivity contribution is 5.94. The molecule has 2 N–H and O–H groups in total. The summed E-state index contributed by atoms with van der Waals surface area (Å²) < 4.78 is 18.3. The SMILES string of the molecule is COc1ccc(NC(=O)CCc2cccc(F)c2)cc1NC(C)=O. The first-order valence-electron chi connectivity index (χ1n) is 7.48. The second kappa shape index (κ2) is 8.10. The Morgan fingerprint density at radius 3 is 2.58 bits per heavy atom. The van der Waals surface area contributed by atoms with Gasteiger partial charge in [-0.15, -0.1) is 0 Å². The maximum atomic E-state index is 13.1. The van der Waals surface area contributed by atoms with Crippen molar-refractivity contribution in [3.63, 3.8) is 0 Å². The lowest BCUT2D eigenvalue weighted by Crippen LogP contribution is -2.13. The van der Waals surface area contributed by atoms with E-state index in [0.717, 1.165) is 5.56 Å². The lowest BCUT2D eigenvalue weighted by molar-refractivity contribution is -0.116. The molecule has 0 aliphatic carbocycles. The molecule has 5 nitrogen and oxygen atoms in total. The van der Waals surface area contributed by atoms with Crippen molar-refractivity contribution in [3.8, 4) is 5.75 Å². The van der Waals surface area contributed by atoms with Gasteiger partial charge in [0.15, 0.2) is 0 Å². The molecule has 2 aromatic carbocycles. The molecule has 0 unspecified atom stereocenters. The molecule has 6 heteroatoms. The molecule has 0 spiro atoms. The van der Waals surface area contributed by atoms with E-state index in [1.807, 2.05) is 0 Å². The second-order valence-corrected chi connectivity index (χ2v) is 5.27. The number of benzene rings is 2. The van der Waals surface area contributed by atoms with Gasteiger partial charge in [-0.1, -0.05) is 12.1 Å². The first-order valence-corrected chi connectivity index (χ1v) is 7.48. The average molecular weight is 330 g/mol. The first kappa shape index (κ1) is 17.5. The molecule has 0 aliphatic rings. The minimum Gasteiger partial charge on any atom is -0.495 e. The third-order valence-corrected chi connectivity index (χ3v) is 3.32. The fraction of sp³-hybridized carbons (Fsp3) is 0.222. The summed E-state index contributed by atoms with van der Waals surface area (Å²) >= 11 is 0. The van der Waals surface area contributed by atoms with Crippen LogP contribution in [0.2, 0.25) is 0 Å². The van der Waals surface area contributed by atoms with E-state index in [4.69, 9.17) is 4.74 Å². The van der Waals surface area contributed by atoms with Crippen LogP contribution in [0.25, 0.3) is 0 Å². The number of hydrogen-bond donors (Lipinski definition) is 2. The summed E-state index contributed by atoms with van der Waals surface area (Å²) in [5.41, 5.74) is 1.79. The highest BCUT2D eigenvalue weighted by Crippen LogP contribution is 2.27. The number of carbonyl (C=O) groups excluding carboxylic acids is 2. The second-order valence-electron chi connectivity index (χ2n) is 5.27. The van der Waals surface area contributed by atoms with E-state index in [2.05, 4.69) is 10.6 Å². The molecule has 0 bridgehead atoms. The first-order chi connectivity index (χ1) is 11.5. The minimum atomic E-state index is -0.317. The Morgan fingerprint density at radius 1 is 1.12 bits per heavy atom. The van der Waals surface area contributed by atoms with E-state index in [0.29, 0.717) is 23.5 Å². The molecule has 0 saturated heterocycles. The number of halogens is 1. The Hall–Kier alpha value is -2.89. The number of anilines is 2. The van der Waals surface area contributed by atoms with Crippen LogP contribution in [0.4, 0.5) is 15.8 Å². The minimum absolute atomic E-state index is 0.196. The number of nitrogens with one attached hydrogen (secondary N) is 2. The summed E-state index contributed by atoms with van der Waals surface area (Å²) in [5, 5.41) is 5.40. The van der Waals surface area contributed by atoms with Crippen LogP contribution in [-0.4, -0.2) is 18.9 Å². The zero-order valence-corrected chi connectivity index (χ0v) is 13.6. The van der Waals surface area contributed by atoms with Gasteiger partial charge in [0, 0.05) is 19.0 Å². The predicted octanol–water partition coefficient (Wildman–Crippen LogP) is 3.36. The van der Waals surface area contributed by atoms with Gasteiger partial charge in [-0.2, -0.15) is 0 Å². The number of amides is 2. The molecule has 2 amide bonds. The quantitative estimate of drug-likeness (QED) is 0.853. The van der Waals surface area contributed by atoms with Crippen molar-refractivity contribution in [1.29, 1.82) is 0 Å². The third-order valence-electron chi connectivity index (χ3n) is 3.32. The van der Waals surface area contributed by atoms with Crippen LogP contribution in [0.3, 0.4) is 0 Å². The maximum Gasteiger partial charge on any atom is 0.224 e. The molecule has 0 aromatic heterocycles. The Kier molecular flexibility index (Phi) is 5.89. The van der Waals surface area contributed by atoms with E-state index in [1.54, 1.807) is 30.3 Å². The summed E-state index contributed by atoms with van der Waals surface area (Å²) in [4.78, 5) is 23.3. The normalized spacial score (nSPS) is 10.1. The summed E-state index contributed by atoms with van der Waals surface area (Å²) in [6.45, 7) is 1.39. The molecule has 2 aromatic rings. The van der Waals surface area contributed by atoms with Gasteiger partial charge in [-0.05, 0) is 42.3 Å². The molecular weight excluding hydrogens is 311 g/mol. The summed E-state index contributed by atoms with van der Waals surface area (Å²) in [6, 6.07) is 11.1. The summed E-state index contributed by atoms with van der Waals surface area (Å²) in [7, 11) is 1.50. The summed E-state index contributed by atoms with van der Waals surface area (Å²) in [5.74, 6) is -0.243. The average Bonchev–Trinajstić information content (AvgIpc) is 2.53. The Balaban J connectivity index is 1.99. The molecule has 24 heavy (non-hydrogen) atoms. The zero-order chi connectivity index (χ0) is 17.5. The number of rotatable bonds is 6. The largest absolute Gasteiger partial charge is 0.495 e. The van der Waals surface area contributed by atoms with Gasteiger partial charge < -0.3 is 15.4 Å². The van der Waals surface area contributed by atoms with E-state index in [9.17, 15) is 14.0 Å². The Morgan fingerprint density at radius 2 is 1.92 bits per heavy atom. The van der Waals surface area contributed by atoms with Gasteiger partial charge in [0.25, 0.3) is 0 Å². The molecular formula is C18H19FN2O3. The maximum absolute atomic E-state index is 13.1. The Bertz CT molecular complexity index is 747. The number of hydrogen-bond acceptors (Lipinski definition) is 3. The third kappa shape index (κ3) is 5.08. The van der Waals surface area contributed by atoms with Crippen LogP contribution in [-0.2, 0) is 16.0 Å². The van der Waals surface area contributed by atoms with Crippen molar-refractivity contribution >= 4 is 23.2 Å². The van der Waals surface area contributed by atoms with Crippen molar-refractivity contribution in [3.05, 3.63) is 53.8 Å². The molecule has 126 valence electrons. The molecule has 2 rings (SSSR count). The van der Waals surface area contributed by atoms with Gasteiger partial charge in [0.1, 0.15) is 11.6 Å². The molecule has 0 fully saturated rings. The molecule has 0 aliphatic heterocycles. The van der Waals surface area contributed by atoms with E-state index < -0.39 is 0 Å². The Labute approximate surface area is 139 Å². The molecule has 0 heterocycles. The molecule has 0 radical (unpaired) electrons. The van der Waals surface area contributed by atoms with Crippen LogP contribution < -0.4 is 15.4 Å². The van der Waals surface area contributed by atoms with Crippen LogP contribution in [0.5, 0.6) is 5.75 Å². The fourth-order valence-electron chi connectivity index (χ4n) is 2.25. The van der Waals surface area contributed by atoms with Crippen LogP contribution >= 0.6 is 0 Å². The van der Waals surface area contributed by atoms with Gasteiger partial charge in [0.05, 0.1) is 12.8 Å². The highest BCUT2D eigenvalue weighted by atomic mass is 19.1. The number of methoxy groups -OCH3 is 1. The van der Waals surface area contributed by atoms with Crippen LogP contribution in [0, 0.1) is 5.82 Å². The lowest BCUT2D eigenvalue weighted by Gasteiger charge is -2.12. The lowest BCUT2D eigenvalue weighted by atomic mass is 10.1. The van der Waals surface area contributed by atoms with Gasteiger partial charge in [0.2, 0.25) is 11.8 Å². The van der Waals surface area contributed by atoms with Crippen molar-refractivity contribution < 1.29 is 18.7 Å². The zero-order valence-electron chi connectivity index (χ0n) is 13.6. The predicted molar refractivity (Wildman–Crippen MR) is 90.6 cm³/mol. The fourth-order valence-corrected chi connectivity index (χ4v) is 2.25. The standard InChI is InChI=1S/C18H19FN2O3/c1-12(22)20-16-11-15(7-8-17(16)24-2)21-18(23)9-6-13-4-3-5-14(19)10-13/h3-5,7-8,10-11H,6,9H2,1-2H3,(H,20,22)(H,21,23). The van der Waals surface area contributed by atoms with E-state index in [1.165, 1.54) is 26.2 Å². The number of carbonyl (C=O) groups is 2. The molecule has 0 saturated carbocycles. The van der Waals surface area contributed by atoms with Crippen LogP contribution in [0.15, 0.2) is 42.5 Å². The van der Waals surface area contributed by atoms with Crippen molar-refractivity contribution in [2.24, 2.45) is 0 Å². The molecule has 0 atom stereocenters. The van der Waals surface area contributed by atoms with Gasteiger partial charge >= 0.3 is 0 Å².